The van der Waals surface area contributed by atoms with Gasteiger partial charge in [-0.15, -0.1) is 0 Å². The standard InChI is InChI=1S/C18H21F2N/c1-18(2,3)13-10-8-12(9-11-13)17(21-4)16-14(19)6-5-7-15(16)20/h5-11,17,21H,1-4H3. The first-order chi connectivity index (χ1) is 9.84. The maximum atomic E-state index is 14.0. The van der Waals surface area contributed by atoms with E-state index in [1.165, 1.54) is 23.8 Å². The summed E-state index contributed by atoms with van der Waals surface area (Å²) in [5, 5.41) is 2.99. The predicted octanol–water partition coefficient (Wildman–Crippen LogP) is 4.57. The first-order valence-corrected chi connectivity index (χ1v) is 7.06. The molecule has 1 unspecified atom stereocenters. The third-order valence-corrected chi connectivity index (χ3v) is 3.69. The summed E-state index contributed by atoms with van der Waals surface area (Å²) in [4.78, 5) is 0. The molecule has 0 aliphatic heterocycles. The van der Waals surface area contributed by atoms with Gasteiger partial charge in [0, 0.05) is 5.56 Å². The van der Waals surface area contributed by atoms with E-state index < -0.39 is 17.7 Å². The zero-order valence-electron chi connectivity index (χ0n) is 12.9. The van der Waals surface area contributed by atoms with Gasteiger partial charge in [-0.3, -0.25) is 0 Å². The van der Waals surface area contributed by atoms with Crippen LogP contribution in [-0.4, -0.2) is 7.05 Å². The van der Waals surface area contributed by atoms with Crippen LogP contribution in [0.3, 0.4) is 0 Å². The third kappa shape index (κ3) is 3.30. The van der Waals surface area contributed by atoms with Crippen LogP contribution in [0.15, 0.2) is 42.5 Å². The van der Waals surface area contributed by atoms with Crippen LogP contribution in [-0.2, 0) is 5.41 Å². The molecule has 0 aliphatic carbocycles. The van der Waals surface area contributed by atoms with E-state index in [9.17, 15) is 8.78 Å². The molecule has 0 saturated heterocycles. The smallest absolute Gasteiger partial charge is 0.131 e. The molecule has 0 fully saturated rings. The molecule has 2 aromatic rings. The topological polar surface area (TPSA) is 12.0 Å². The van der Waals surface area contributed by atoms with Gasteiger partial charge in [-0.25, -0.2) is 8.78 Å². The molecule has 0 bridgehead atoms. The van der Waals surface area contributed by atoms with E-state index in [0.717, 1.165) is 5.56 Å². The molecule has 2 rings (SSSR count). The van der Waals surface area contributed by atoms with E-state index in [0.29, 0.717) is 0 Å². The fraction of sp³-hybridized carbons (Fsp3) is 0.333. The van der Waals surface area contributed by atoms with Gasteiger partial charge in [-0.2, -0.15) is 0 Å². The highest BCUT2D eigenvalue weighted by Gasteiger charge is 2.21. The number of benzene rings is 2. The molecular formula is C18H21F2N. The fourth-order valence-electron chi connectivity index (χ4n) is 2.44. The Bertz CT molecular complexity index is 592. The minimum atomic E-state index is -0.533. The lowest BCUT2D eigenvalue weighted by molar-refractivity contribution is 0.521. The minimum absolute atomic E-state index is 0.0525. The molecule has 112 valence electrons. The molecule has 0 heterocycles. The van der Waals surface area contributed by atoms with Crippen LogP contribution < -0.4 is 5.32 Å². The lowest BCUT2D eigenvalue weighted by Gasteiger charge is -2.22. The van der Waals surface area contributed by atoms with Crippen molar-refractivity contribution in [3.05, 3.63) is 70.8 Å². The third-order valence-electron chi connectivity index (χ3n) is 3.69. The molecule has 0 amide bonds. The maximum Gasteiger partial charge on any atom is 0.131 e. The van der Waals surface area contributed by atoms with Gasteiger partial charge in [0.1, 0.15) is 11.6 Å². The van der Waals surface area contributed by atoms with Crippen molar-refractivity contribution >= 4 is 0 Å². The van der Waals surface area contributed by atoms with Crippen molar-refractivity contribution in [1.82, 2.24) is 5.32 Å². The molecular weight excluding hydrogens is 268 g/mol. The van der Waals surface area contributed by atoms with Crippen molar-refractivity contribution in [3.63, 3.8) is 0 Å². The second-order valence-electron chi connectivity index (χ2n) is 6.23. The lowest BCUT2D eigenvalue weighted by atomic mass is 9.85. The van der Waals surface area contributed by atoms with Crippen molar-refractivity contribution in [2.24, 2.45) is 0 Å². The summed E-state index contributed by atoms with van der Waals surface area (Å²) in [6.45, 7) is 6.40. The van der Waals surface area contributed by atoms with Gasteiger partial charge in [-0.05, 0) is 35.7 Å². The molecule has 1 nitrogen and oxygen atoms in total. The van der Waals surface area contributed by atoms with Gasteiger partial charge in [-0.1, -0.05) is 51.1 Å². The van der Waals surface area contributed by atoms with E-state index >= 15 is 0 Å². The van der Waals surface area contributed by atoms with Crippen molar-refractivity contribution in [1.29, 1.82) is 0 Å². The van der Waals surface area contributed by atoms with Crippen molar-refractivity contribution in [2.45, 2.75) is 32.2 Å². The summed E-state index contributed by atoms with van der Waals surface area (Å²) in [6.07, 6.45) is 0. The number of hydrogen-bond donors (Lipinski definition) is 1. The normalized spacial score (nSPS) is 13.2. The number of rotatable bonds is 3. The average Bonchev–Trinajstić information content (AvgIpc) is 2.42. The SMILES string of the molecule is CNC(c1ccc(C(C)(C)C)cc1)c1c(F)cccc1F. The van der Waals surface area contributed by atoms with Crippen LogP contribution >= 0.6 is 0 Å². The second kappa shape index (κ2) is 5.94. The molecule has 0 spiro atoms. The van der Waals surface area contributed by atoms with E-state index in [2.05, 4.69) is 26.1 Å². The molecule has 1 atom stereocenters. The molecule has 0 saturated carbocycles. The Hall–Kier alpha value is -1.74. The second-order valence-corrected chi connectivity index (χ2v) is 6.23. The molecule has 0 aliphatic rings. The average molecular weight is 289 g/mol. The molecule has 21 heavy (non-hydrogen) atoms. The van der Waals surface area contributed by atoms with Crippen molar-refractivity contribution < 1.29 is 8.78 Å². The molecule has 0 aromatic heterocycles. The van der Waals surface area contributed by atoms with Crippen molar-refractivity contribution in [3.8, 4) is 0 Å². The Morgan fingerprint density at radius 1 is 0.905 bits per heavy atom. The van der Waals surface area contributed by atoms with E-state index in [1.807, 2.05) is 24.3 Å². The van der Waals surface area contributed by atoms with Crippen LogP contribution in [0, 0.1) is 11.6 Å². The monoisotopic (exact) mass is 289 g/mol. The fourth-order valence-corrected chi connectivity index (χ4v) is 2.44. The van der Waals surface area contributed by atoms with Crippen LogP contribution in [0.4, 0.5) is 8.78 Å². The summed E-state index contributed by atoms with van der Waals surface area (Å²) in [6, 6.07) is 11.3. The van der Waals surface area contributed by atoms with Crippen molar-refractivity contribution in [2.75, 3.05) is 7.05 Å². The molecule has 0 radical (unpaired) electrons. The maximum absolute atomic E-state index is 14.0. The van der Waals surface area contributed by atoms with Gasteiger partial charge in [0.2, 0.25) is 0 Å². The summed E-state index contributed by atoms with van der Waals surface area (Å²) in [7, 11) is 1.70. The molecule has 2 aromatic carbocycles. The van der Waals surface area contributed by atoms with Crippen LogP contribution in [0.5, 0.6) is 0 Å². The minimum Gasteiger partial charge on any atom is -0.309 e. The highest BCUT2D eigenvalue weighted by atomic mass is 19.1. The quantitative estimate of drug-likeness (QED) is 0.872. The first-order valence-electron chi connectivity index (χ1n) is 7.06. The zero-order valence-corrected chi connectivity index (χ0v) is 12.9. The Labute approximate surface area is 125 Å². The molecule has 1 N–H and O–H groups in total. The van der Waals surface area contributed by atoms with Gasteiger partial charge in [0.25, 0.3) is 0 Å². The summed E-state index contributed by atoms with van der Waals surface area (Å²) >= 11 is 0. The van der Waals surface area contributed by atoms with Gasteiger partial charge in [0.05, 0.1) is 6.04 Å². The van der Waals surface area contributed by atoms with Gasteiger partial charge >= 0.3 is 0 Å². The zero-order chi connectivity index (χ0) is 15.6. The van der Waals surface area contributed by atoms with Crippen LogP contribution in [0.2, 0.25) is 0 Å². The summed E-state index contributed by atoms with van der Waals surface area (Å²) < 4.78 is 27.9. The molecule has 3 heteroatoms. The van der Waals surface area contributed by atoms with Gasteiger partial charge < -0.3 is 5.32 Å². The van der Waals surface area contributed by atoms with Gasteiger partial charge in [0.15, 0.2) is 0 Å². The van der Waals surface area contributed by atoms with E-state index in [1.54, 1.807) is 7.05 Å². The van der Waals surface area contributed by atoms with E-state index in [-0.39, 0.29) is 11.0 Å². The Kier molecular flexibility index (Phi) is 4.43. The van der Waals surface area contributed by atoms with Crippen LogP contribution in [0.1, 0.15) is 43.5 Å². The number of hydrogen-bond acceptors (Lipinski definition) is 1. The predicted molar refractivity (Wildman–Crippen MR) is 82.4 cm³/mol. The lowest BCUT2D eigenvalue weighted by Crippen LogP contribution is -2.21. The highest BCUT2D eigenvalue weighted by molar-refractivity contribution is 5.36. The summed E-state index contributed by atoms with van der Waals surface area (Å²) in [5.41, 5.74) is 2.14. The number of halogens is 2. The van der Waals surface area contributed by atoms with E-state index in [4.69, 9.17) is 0 Å². The largest absolute Gasteiger partial charge is 0.309 e. The summed E-state index contributed by atoms with van der Waals surface area (Å²) in [5.74, 6) is -1.07. The Morgan fingerprint density at radius 2 is 1.43 bits per heavy atom. The van der Waals surface area contributed by atoms with Crippen LogP contribution in [0.25, 0.3) is 0 Å². The number of nitrogens with one attached hydrogen (secondary N) is 1. The first kappa shape index (κ1) is 15.6. The Balaban J connectivity index is 2.43. The Morgan fingerprint density at radius 3 is 1.86 bits per heavy atom. The highest BCUT2D eigenvalue weighted by Crippen LogP contribution is 2.29.